The molecule has 1 aliphatic rings. The molecule has 0 aliphatic heterocycles. The SMILES string of the molecule is CCCNC(Cc1ccc(I)cc1)C1CCCCC1(C)C. The third-order valence-electron chi connectivity index (χ3n) is 5.10. The van der Waals surface area contributed by atoms with E-state index in [2.05, 4.69) is 72.9 Å². The van der Waals surface area contributed by atoms with Gasteiger partial charge in [0.05, 0.1) is 0 Å². The molecule has 1 fully saturated rings. The smallest absolute Gasteiger partial charge is 0.0141 e. The van der Waals surface area contributed by atoms with Crippen LogP contribution in [0.4, 0.5) is 0 Å². The summed E-state index contributed by atoms with van der Waals surface area (Å²) >= 11 is 2.39. The lowest BCUT2D eigenvalue weighted by Gasteiger charge is -2.44. The molecule has 0 radical (unpaired) electrons. The minimum absolute atomic E-state index is 0.479. The molecule has 2 heteroatoms. The lowest BCUT2D eigenvalue weighted by molar-refractivity contribution is 0.0981. The lowest BCUT2D eigenvalue weighted by Crippen LogP contribution is -2.46. The lowest BCUT2D eigenvalue weighted by atomic mass is 9.65. The summed E-state index contributed by atoms with van der Waals surface area (Å²) in [6, 6.07) is 9.70. The summed E-state index contributed by atoms with van der Waals surface area (Å²) in [6.45, 7) is 8.36. The van der Waals surface area contributed by atoms with Gasteiger partial charge in [-0.15, -0.1) is 0 Å². The first-order valence-electron chi connectivity index (χ1n) is 8.51. The normalized spacial score (nSPS) is 23.0. The van der Waals surface area contributed by atoms with Gasteiger partial charge in [-0.1, -0.05) is 45.7 Å². The summed E-state index contributed by atoms with van der Waals surface area (Å²) in [5.41, 5.74) is 1.96. The molecule has 1 aliphatic carbocycles. The van der Waals surface area contributed by atoms with Crippen molar-refractivity contribution in [1.82, 2.24) is 5.32 Å². The van der Waals surface area contributed by atoms with Gasteiger partial charge in [0.15, 0.2) is 0 Å². The molecule has 0 saturated heterocycles. The molecule has 0 heterocycles. The average Bonchev–Trinajstić information content (AvgIpc) is 2.45. The Morgan fingerprint density at radius 3 is 2.57 bits per heavy atom. The number of halogens is 1. The summed E-state index contributed by atoms with van der Waals surface area (Å²) in [5, 5.41) is 3.86. The van der Waals surface area contributed by atoms with E-state index in [-0.39, 0.29) is 0 Å². The zero-order valence-electron chi connectivity index (χ0n) is 13.8. The highest BCUT2D eigenvalue weighted by atomic mass is 127. The van der Waals surface area contributed by atoms with E-state index in [0.717, 1.165) is 12.5 Å². The van der Waals surface area contributed by atoms with Crippen LogP contribution in [0.15, 0.2) is 24.3 Å². The van der Waals surface area contributed by atoms with E-state index in [4.69, 9.17) is 0 Å². The highest BCUT2D eigenvalue weighted by Crippen LogP contribution is 2.43. The van der Waals surface area contributed by atoms with Crippen LogP contribution in [0.1, 0.15) is 58.4 Å². The van der Waals surface area contributed by atoms with E-state index in [1.54, 1.807) is 0 Å². The molecule has 118 valence electrons. The van der Waals surface area contributed by atoms with Gasteiger partial charge in [-0.05, 0) is 83.8 Å². The molecule has 2 atom stereocenters. The number of rotatable bonds is 6. The van der Waals surface area contributed by atoms with E-state index in [1.165, 1.54) is 47.7 Å². The minimum atomic E-state index is 0.479. The molecule has 2 unspecified atom stereocenters. The highest BCUT2D eigenvalue weighted by molar-refractivity contribution is 14.1. The van der Waals surface area contributed by atoms with Gasteiger partial charge in [0.1, 0.15) is 0 Å². The molecule has 0 amide bonds. The van der Waals surface area contributed by atoms with Crippen molar-refractivity contribution >= 4 is 22.6 Å². The third-order valence-corrected chi connectivity index (χ3v) is 5.82. The fourth-order valence-corrected chi connectivity index (χ4v) is 4.19. The maximum atomic E-state index is 3.86. The van der Waals surface area contributed by atoms with E-state index < -0.39 is 0 Å². The van der Waals surface area contributed by atoms with Crippen molar-refractivity contribution in [2.45, 2.75) is 65.3 Å². The van der Waals surface area contributed by atoms with Gasteiger partial charge in [-0.25, -0.2) is 0 Å². The fourth-order valence-electron chi connectivity index (χ4n) is 3.83. The van der Waals surface area contributed by atoms with Crippen LogP contribution >= 0.6 is 22.6 Å². The van der Waals surface area contributed by atoms with Crippen molar-refractivity contribution in [3.63, 3.8) is 0 Å². The number of hydrogen-bond donors (Lipinski definition) is 1. The van der Waals surface area contributed by atoms with Crippen LogP contribution in [0.25, 0.3) is 0 Å². The van der Waals surface area contributed by atoms with Crippen LogP contribution in [0.2, 0.25) is 0 Å². The Hall–Kier alpha value is -0.0900. The molecule has 21 heavy (non-hydrogen) atoms. The Bertz CT molecular complexity index is 424. The fraction of sp³-hybridized carbons (Fsp3) is 0.684. The van der Waals surface area contributed by atoms with Crippen LogP contribution in [-0.4, -0.2) is 12.6 Å². The zero-order valence-corrected chi connectivity index (χ0v) is 15.9. The van der Waals surface area contributed by atoms with Gasteiger partial charge in [0, 0.05) is 9.61 Å². The van der Waals surface area contributed by atoms with Crippen LogP contribution in [0.5, 0.6) is 0 Å². The Morgan fingerprint density at radius 2 is 1.95 bits per heavy atom. The van der Waals surface area contributed by atoms with E-state index >= 15 is 0 Å². The molecule has 0 bridgehead atoms. The predicted molar refractivity (Wildman–Crippen MR) is 101 cm³/mol. The maximum absolute atomic E-state index is 3.86. The number of hydrogen-bond acceptors (Lipinski definition) is 1. The molecule has 1 N–H and O–H groups in total. The van der Waals surface area contributed by atoms with Crippen LogP contribution in [0, 0.1) is 14.9 Å². The van der Waals surface area contributed by atoms with Gasteiger partial charge in [-0.3, -0.25) is 0 Å². The summed E-state index contributed by atoms with van der Waals surface area (Å²) in [7, 11) is 0. The predicted octanol–water partition coefficient (Wildman–Crippen LogP) is 5.42. The minimum Gasteiger partial charge on any atom is -0.313 e. The van der Waals surface area contributed by atoms with Crippen molar-refractivity contribution in [2.24, 2.45) is 11.3 Å². The summed E-state index contributed by atoms with van der Waals surface area (Å²) in [4.78, 5) is 0. The topological polar surface area (TPSA) is 12.0 Å². The third kappa shape index (κ3) is 4.95. The van der Waals surface area contributed by atoms with Gasteiger partial charge in [0.25, 0.3) is 0 Å². The van der Waals surface area contributed by atoms with Gasteiger partial charge in [-0.2, -0.15) is 0 Å². The Kier molecular flexibility index (Phi) is 6.54. The second-order valence-electron chi connectivity index (χ2n) is 7.23. The quantitative estimate of drug-likeness (QED) is 0.630. The van der Waals surface area contributed by atoms with Gasteiger partial charge >= 0.3 is 0 Å². The summed E-state index contributed by atoms with van der Waals surface area (Å²) in [6.07, 6.45) is 7.98. The first-order chi connectivity index (χ1) is 10.0. The molecule has 1 aromatic carbocycles. The molecular formula is C19H30IN. The second kappa shape index (κ2) is 7.96. The van der Waals surface area contributed by atoms with Crippen LogP contribution in [0.3, 0.4) is 0 Å². The Labute approximate surface area is 144 Å². The summed E-state index contributed by atoms with van der Waals surface area (Å²) in [5.74, 6) is 0.803. The summed E-state index contributed by atoms with van der Waals surface area (Å²) < 4.78 is 1.33. The average molecular weight is 399 g/mol. The first-order valence-corrected chi connectivity index (χ1v) is 9.58. The molecule has 0 spiro atoms. The molecule has 1 saturated carbocycles. The van der Waals surface area contributed by atoms with Crippen molar-refractivity contribution in [1.29, 1.82) is 0 Å². The van der Waals surface area contributed by atoms with E-state index in [0.29, 0.717) is 11.5 Å². The monoisotopic (exact) mass is 399 g/mol. The molecular weight excluding hydrogens is 369 g/mol. The largest absolute Gasteiger partial charge is 0.313 e. The molecule has 2 rings (SSSR count). The number of benzene rings is 1. The van der Waals surface area contributed by atoms with E-state index in [1.807, 2.05) is 0 Å². The molecule has 1 nitrogen and oxygen atoms in total. The standard InChI is InChI=1S/C19H30IN/c1-4-13-21-18(14-15-8-10-16(20)11-9-15)17-7-5-6-12-19(17,2)3/h8-11,17-18,21H,4-7,12-14H2,1-3H3. The highest BCUT2D eigenvalue weighted by Gasteiger charge is 2.37. The zero-order chi connectivity index (χ0) is 15.3. The van der Waals surface area contributed by atoms with Gasteiger partial charge in [0.2, 0.25) is 0 Å². The van der Waals surface area contributed by atoms with E-state index in [9.17, 15) is 0 Å². The maximum Gasteiger partial charge on any atom is 0.0141 e. The first kappa shape index (κ1) is 17.3. The molecule has 0 aromatic heterocycles. The van der Waals surface area contributed by atoms with Crippen LogP contribution < -0.4 is 5.32 Å². The van der Waals surface area contributed by atoms with Crippen molar-refractivity contribution < 1.29 is 0 Å². The van der Waals surface area contributed by atoms with Crippen LogP contribution in [-0.2, 0) is 6.42 Å². The van der Waals surface area contributed by atoms with Crippen molar-refractivity contribution in [3.8, 4) is 0 Å². The number of nitrogens with one attached hydrogen (secondary N) is 1. The van der Waals surface area contributed by atoms with Crippen molar-refractivity contribution in [2.75, 3.05) is 6.54 Å². The van der Waals surface area contributed by atoms with Crippen molar-refractivity contribution in [3.05, 3.63) is 33.4 Å². The Balaban J connectivity index is 2.11. The molecule has 1 aromatic rings. The Morgan fingerprint density at radius 1 is 1.24 bits per heavy atom. The van der Waals surface area contributed by atoms with Gasteiger partial charge < -0.3 is 5.32 Å². The second-order valence-corrected chi connectivity index (χ2v) is 8.48.